The zero-order valence-corrected chi connectivity index (χ0v) is 13.2. The molecule has 2 aliphatic carbocycles. The van der Waals surface area contributed by atoms with Crippen LogP contribution in [0.15, 0.2) is 24.3 Å². The quantitative estimate of drug-likeness (QED) is 0.615. The van der Waals surface area contributed by atoms with E-state index in [1.165, 1.54) is 0 Å². The molecule has 0 saturated heterocycles. The molecule has 2 unspecified atom stereocenters. The molecule has 0 amide bonds. The maximum Gasteiger partial charge on any atom is 0.318 e. The smallest absolute Gasteiger partial charge is 0.318 e. The number of hydrogen-bond acceptors (Lipinski definition) is 3. The fraction of sp³-hybridized carbons (Fsp3) is 0.556. The van der Waals surface area contributed by atoms with Crippen LogP contribution in [-0.4, -0.2) is 11.8 Å². The molecule has 2 fully saturated rings. The third-order valence-electron chi connectivity index (χ3n) is 6.33. The van der Waals surface area contributed by atoms with Crippen LogP contribution in [0.2, 0.25) is 0 Å². The van der Waals surface area contributed by atoms with E-state index in [9.17, 15) is 9.59 Å². The number of ether oxygens (including phenoxy) is 1. The van der Waals surface area contributed by atoms with Crippen LogP contribution in [0.4, 0.5) is 0 Å². The number of benzene rings is 1. The van der Waals surface area contributed by atoms with Crippen LogP contribution in [0.25, 0.3) is 0 Å². The molecule has 3 nitrogen and oxygen atoms in total. The topological polar surface area (TPSA) is 43.4 Å². The first-order valence-corrected chi connectivity index (χ1v) is 7.55. The van der Waals surface area contributed by atoms with Gasteiger partial charge in [-0.1, -0.05) is 38.5 Å². The van der Waals surface area contributed by atoms with Crippen LogP contribution in [0.1, 0.15) is 45.6 Å². The number of ketones is 1. The normalized spacial score (nSPS) is 33.2. The largest absolute Gasteiger partial charge is 0.426 e. The lowest BCUT2D eigenvalue weighted by Crippen LogP contribution is -2.42. The molecule has 21 heavy (non-hydrogen) atoms. The summed E-state index contributed by atoms with van der Waals surface area (Å²) < 4.78 is 5.61. The second-order valence-electron chi connectivity index (χ2n) is 7.34. The van der Waals surface area contributed by atoms with Gasteiger partial charge >= 0.3 is 5.97 Å². The highest BCUT2D eigenvalue weighted by Gasteiger charge is 2.73. The SMILES string of the molecule is Cc1ccc(OC(=O)C23CCC(C)(C(=O)C2)C3(C)C)cc1. The summed E-state index contributed by atoms with van der Waals surface area (Å²) in [6.07, 6.45) is 1.84. The number of carbonyl (C=O) groups excluding carboxylic acids is 2. The van der Waals surface area contributed by atoms with Crippen LogP contribution in [-0.2, 0) is 9.59 Å². The summed E-state index contributed by atoms with van der Waals surface area (Å²) in [6.45, 7) is 8.08. The molecule has 3 heteroatoms. The van der Waals surface area contributed by atoms with E-state index < -0.39 is 5.41 Å². The average Bonchev–Trinajstić information content (AvgIpc) is 2.72. The molecular weight excluding hydrogens is 264 g/mol. The lowest BCUT2D eigenvalue weighted by molar-refractivity contribution is -0.151. The molecule has 2 atom stereocenters. The summed E-state index contributed by atoms with van der Waals surface area (Å²) in [6, 6.07) is 7.46. The predicted octanol–water partition coefficient (Wildman–Crippen LogP) is 3.69. The number of rotatable bonds is 2. The molecule has 2 bridgehead atoms. The van der Waals surface area contributed by atoms with Crippen molar-refractivity contribution in [2.75, 3.05) is 0 Å². The summed E-state index contributed by atoms with van der Waals surface area (Å²) in [5.41, 5.74) is -0.278. The van der Waals surface area contributed by atoms with Crippen molar-refractivity contribution in [2.24, 2.45) is 16.2 Å². The maximum absolute atomic E-state index is 12.8. The Labute approximate surface area is 125 Å². The van der Waals surface area contributed by atoms with Gasteiger partial charge < -0.3 is 4.74 Å². The van der Waals surface area contributed by atoms with Gasteiger partial charge in [0.25, 0.3) is 0 Å². The molecular formula is C18H22O3. The Hall–Kier alpha value is -1.64. The van der Waals surface area contributed by atoms with Crippen molar-refractivity contribution in [2.45, 2.75) is 47.0 Å². The third kappa shape index (κ3) is 1.66. The Kier molecular flexibility index (Phi) is 2.85. The van der Waals surface area contributed by atoms with Gasteiger partial charge in [0, 0.05) is 11.8 Å². The Morgan fingerprint density at radius 2 is 1.71 bits per heavy atom. The molecule has 3 rings (SSSR count). The molecule has 0 heterocycles. The van der Waals surface area contributed by atoms with Gasteiger partial charge in [-0.3, -0.25) is 9.59 Å². The Bertz CT molecular complexity index is 614. The van der Waals surface area contributed by atoms with Gasteiger partial charge in [0.1, 0.15) is 11.5 Å². The van der Waals surface area contributed by atoms with Gasteiger partial charge in [-0.25, -0.2) is 0 Å². The minimum Gasteiger partial charge on any atom is -0.426 e. The van der Waals surface area contributed by atoms with E-state index in [1.807, 2.05) is 52.0 Å². The zero-order valence-electron chi connectivity index (χ0n) is 13.2. The standard InChI is InChI=1S/C18H22O3/c1-12-5-7-13(8-6-12)21-15(20)18-10-9-17(4,14(19)11-18)16(18,2)3/h5-8H,9-11H2,1-4H3. The molecule has 1 aromatic carbocycles. The Morgan fingerprint density at radius 3 is 2.19 bits per heavy atom. The fourth-order valence-corrected chi connectivity index (χ4v) is 4.12. The minimum absolute atomic E-state index is 0.208. The first kappa shape index (κ1) is 14.3. The Morgan fingerprint density at radius 1 is 1.10 bits per heavy atom. The third-order valence-corrected chi connectivity index (χ3v) is 6.33. The summed E-state index contributed by atoms with van der Waals surface area (Å²) in [5.74, 6) is 0.522. The van der Waals surface area contributed by atoms with E-state index in [4.69, 9.17) is 4.74 Å². The van der Waals surface area contributed by atoms with E-state index in [1.54, 1.807) is 0 Å². The van der Waals surface area contributed by atoms with Crippen LogP contribution < -0.4 is 4.74 Å². The first-order valence-electron chi connectivity index (χ1n) is 7.55. The van der Waals surface area contributed by atoms with Crippen molar-refractivity contribution in [3.05, 3.63) is 29.8 Å². The predicted molar refractivity (Wildman–Crippen MR) is 80.0 cm³/mol. The summed E-state index contributed by atoms with van der Waals surface area (Å²) in [4.78, 5) is 25.2. The van der Waals surface area contributed by atoms with E-state index in [2.05, 4.69) is 0 Å². The monoisotopic (exact) mass is 286 g/mol. The lowest BCUT2D eigenvalue weighted by atomic mass is 9.65. The van der Waals surface area contributed by atoms with E-state index in [-0.39, 0.29) is 22.6 Å². The van der Waals surface area contributed by atoms with Gasteiger partial charge in [-0.05, 0) is 37.3 Å². The summed E-state index contributed by atoms with van der Waals surface area (Å²) in [7, 11) is 0. The van der Waals surface area contributed by atoms with Crippen molar-refractivity contribution < 1.29 is 14.3 Å². The van der Waals surface area contributed by atoms with E-state index >= 15 is 0 Å². The first-order chi connectivity index (χ1) is 9.73. The molecule has 0 radical (unpaired) electrons. The second-order valence-corrected chi connectivity index (χ2v) is 7.34. The van der Waals surface area contributed by atoms with Crippen LogP contribution >= 0.6 is 0 Å². The van der Waals surface area contributed by atoms with Crippen LogP contribution in [0, 0.1) is 23.2 Å². The van der Waals surface area contributed by atoms with Gasteiger partial charge in [-0.15, -0.1) is 0 Å². The van der Waals surface area contributed by atoms with Crippen LogP contribution in [0.3, 0.4) is 0 Å². The Balaban J connectivity index is 1.91. The van der Waals surface area contributed by atoms with Gasteiger partial charge in [0.05, 0.1) is 5.41 Å². The number of carbonyl (C=O) groups is 2. The molecule has 2 aliphatic rings. The molecule has 1 aromatic rings. The second kappa shape index (κ2) is 4.19. The van der Waals surface area contributed by atoms with Crippen molar-refractivity contribution in [1.82, 2.24) is 0 Å². The molecule has 0 aromatic heterocycles. The van der Waals surface area contributed by atoms with Gasteiger partial charge in [0.2, 0.25) is 0 Å². The maximum atomic E-state index is 12.8. The van der Waals surface area contributed by atoms with E-state index in [0.717, 1.165) is 18.4 Å². The summed E-state index contributed by atoms with van der Waals surface area (Å²) >= 11 is 0. The van der Waals surface area contributed by atoms with Crippen molar-refractivity contribution in [1.29, 1.82) is 0 Å². The highest BCUT2D eigenvalue weighted by molar-refractivity contribution is 5.98. The van der Waals surface area contributed by atoms with Gasteiger partial charge in [-0.2, -0.15) is 0 Å². The molecule has 0 aliphatic heterocycles. The van der Waals surface area contributed by atoms with Gasteiger partial charge in [0.15, 0.2) is 0 Å². The number of Topliss-reactive ketones (excluding diaryl/α,β-unsaturated/α-hetero) is 1. The number of aryl methyl sites for hydroxylation is 1. The minimum atomic E-state index is -0.663. The number of fused-ring (bicyclic) bond motifs is 2. The molecule has 0 spiro atoms. The number of esters is 1. The fourth-order valence-electron chi connectivity index (χ4n) is 4.12. The van der Waals surface area contributed by atoms with E-state index in [0.29, 0.717) is 12.2 Å². The highest BCUT2D eigenvalue weighted by Crippen LogP contribution is 2.70. The van der Waals surface area contributed by atoms with Crippen LogP contribution in [0.5, 0.6) is 5.75 Å². The number of hydrogen-bond donors (Lipinski definition) is 0. The molecule has 0 N–H and O–H groups in total. The molecule has 112 valence electrons. The lowest BCUT2D eigenvalue weighted by Gasteiger charge is -2.37. The molecule has 2 saturated carbocycles. The van der Waals surface area contributed by atoms with Crippen molar-refractivity contribution >= 4 is 11.8 Å². The van der Waals surface area contributed by atoms with Crippen molar-refractivity contribution in [3.63, 3.8) is 0 Å². The average molecular weight is 286 g/mol. The summed E-state index contributed by atoms with van der Waals surface area (Å²) in [5, 5.41) is 0. The van der Waals surface area contributed by atoms with Crippen molar-refractivity contribution in [3.8, 4) is 5.75 Å². The zero-order chi connectivity index (χ0) is 15.5. The highest BCUT2D eigenvalue weighted by atomic mass is 16.5.